The Morgan fingerprint density at radius 1 is 1.02 bits per heavy atom. The second-order valence-corrected chi connectivity index (χ2v) is 10.7. The summed E-state index contributed by atoms with van der Waals surface area (Å²) in [5, 5.41) is 9.57. The van der Waals surface area contributed by atoms with Crippen molar-refractivity contribution in [1.82, 2.24) is 10.3 Å². The Kier molecular flexibility index (Phi) is 13.2. The molecular formula is C29H28BrF5N6O8. The zero-order valence-corrected chi connectivity index (χ0v) is 26.7. The average Bonchev–Trinajstić information content (AvgIpc) is 3.41. The summed E-state index contributed by atoms with van der Waals surface area (Å²) >= 11 is 3.09. The maximum Gasteiger partial charge on any atom is 0.416 e. The molecule has 1 unspecified atom stereocenters. The highest BCUT2D eigenvalue weighted by atomic mass is 79.9. The lowest BCUT2D eigenvalue weighted by molar-refractivity contribution is -0.162. The predicted octanol–water partition coefficient (Wildman–Crippen LogP) is 3.60. The number of oxazole rings is 1. The van der Waals surface area contributed by atoms with Crippen LogP contribution in [-0.2, 0) is 30.0 Å². The van der Waals surface area contributed by atoms with Gasteiger partial charge in [-0.15, -0.1) is 0 Å². The smallest absolute Gasteiger partial charge is 0.416 e. The summed E-state index contributed by atoms with van der Waals surface area (Å²) < 4.78 is 88.8. The summed E-state index contributed by atoms with van der Waals surface area (Å²) in [6.07, 6.45) is -7.02. The van der Waals surface area contributed by atoms with Gasteiger partial charge in [-0.2, -0.15) is 13.2 Å². The third-order valence-electron chi connectivity index (χ3n) is 6.39. The highest BCUT2D eigenvalue weighted by molar-refractivity contribution is 9.10. The molecule has 0 aliphatic rings. The molecular weight excluding hydrogens is 735 g/mol. The lowest BCUT2D eigenvalue weighted by atomic mass is 10.1. The van der Waals surface area contributed by atoms with Gasteiger partial charge in [0.05, 0.1) is 18.4 Å². The number of primary amides is 1. The lowest BCUT2D eigenvalue weighted by Gasteiger charge is -2.17. The van der Waals surface area contributed by atoms with Gasteiger partial charge in [-0.25, -0.2) is 18.6 Å². The Balaban J connectivity index is 1.73. The van der Waals surface area contributed by atoms with E-state index in [0.29, 0.717) is 12.5 Å². The number of esters is 3. The number of aromatic nitrogens is 1. The fraction of sp³-hybridized carbons (Fsp3) is 0.310. The van der Waals surface area contributed by atoms with Gasteiger partial charge in [-0.05, 0) is 53.0 Å². The number of halogens is 6. The molecule has 49 heavy (non-hydrogen) atoms. The fourth-order valence-corrected chi connectivity index (χ4v) is 4.44. The maximum atomic E-state index is 15.0. The molecule has 0 fully saturated rings. The molecule has 14 nitrogen and oxygen atoms in total. The van der Waals surface area contributed by atoms with Gasteiger partial charge < -0.3 is 41.1 Å². The summed E-state index contributed by atoms with van der Waals surface area (Å²) in [5.74, 6) is -8.85. The Morgan fingerprint density at radius 2 is 1.67 bits per heavy atom. The third-order valence-corrected chi connectivity index (χ3v) is 6.93. The third kappa shape index (κ3) is 11.0. The Bertz CT molecular complexity index is 1700. The van der Waals surface area contributed by atoms with Gasteiger partial charge in [0, 0.05) is 12.1 Å². The van der Waals surface area contributed by atoms with E-state index in [4.69, 9.17) is 36.5 Å². The molecule has 0 saturated heterocycles. The van der Waals surface area contributed by atoms with E-state index in [1.807, 2.05) is 0 Å². The van der Waals surface area contributed by atoms with Gasteiger partial charge in [-0.3, -0.25) is 19.8 Å². The SMILES string of the molecule is N=C(N)NCCC[C@H](N)C(=O)OC(=O)CCC(=O)OCC(Oc1ccc(F)c(C(N)=O)c1F)c1nc(-c2ccc(C(F)(F)F)cc2)c(Br)o1. The van der Waals surface area contributed by atoms with Gasteiger partial charge in [-0.1, -0.05) is 12.1 Å². The van der Waals surface area contributed by atoms with E-state index in [9.17, 15) is 36.7 Å². The molecule has 1 amide bonds. The number of alkyl halides is 3. The molecule has 0 radical (unpaired) electrons. The van der Waals surface area contributed by atoms with E-state index in [-0.39, 0.29) is 34.9 Å². The molecule has 1 aromatic heterocycles. The molecule has 0 aliphatic carbocycles. The van der Waals surface area contributed by atoms with Crippen molar-refractivity contribution in [3.05, 3.63) is 69.7 Å². The van der Waals surface area contributed by atoms with Gasteiger partial charge in [0.25, 0.3) is 5.91 Å². The van der Waals surface area contributed by atoms with Crippen molar-refractivity contribution in [3.8, 4) is 17.0 Å². The van der Waals surface area contributed by atoms with Crippen molar-refractivity contribution in [1.29, 1.82) is 5.41 Å². The van der Waals surface area contributed by atoms with Gasteiger partial charge in [0.15, 0.2) is 22.2 Å². The van der Waals surface area contributed by atoms with E-state index in [0.717, 1.165) is 30.3 Å². The predicted molar refractivity (Wildman–Crippen MR) is 161 cm³/mol. The summed E-state index contributed by atoms with van der Waals surface area (Å²) in [6, 6.07) is 4.12. The second-order valence-electron chi connectivity index (χ2n) is 10.0. The van der Waals surface area contributed by atoms with Crippen LogP contribution in [0.2, 0.25) is 0 Å². The van der Waals surface area contributed by atoms with E-state index >= 15 is 4.39 Å². The monoisotopic (exact) mass is 762 g/mol. The van der Waals surface area contributed by atoms with Crippen molar-refractivity contribution in [3.63, 3.8) is 0 Å². The van der Waals surface area contributed by atoms with E-state index in [1.54, 1.807) is 0 Å². The van der Waals surface area contributed by atoms with Crippen LogP contribution in [0.25, 0.3) is 11.3 Å². The van der Waals surface area contributed by atoms with Crippen molar-refractivity contribution in [2.24, 2.45) is 17.2 Å². The molecule has 0 bridgehead atoms. The Hall–Kier alpha value is -5.11. The highest BCUT2D eigenvalue weighted by Gasteiger charge is 2.31. The molecule has 3 aromatic rings. The number of carbonyl (C=O) groups is 4. The second kappa shape index (κ2) is 16.8. The number of guanidine groups is 1. The number of benzene rings is 2. The van der Waals surface area contributed by atoms with Crippen molar-refractivity contribution in [2.45, 2.75) is 44.0 Å². The topological polar surface area (TPSA) is 236 Å². The minimum atomic E-state index is -4.61. The molecule has 0 spiro atoms. The first kappa shape index (κ1) is 38.3. The van der Waals surface area contributed by atoms with Crippen LogP contribution in [0.3, 0.4) is 0 Å². The largest absolute Gasteiger partial charge is 0.474 e. The van der Waals surface area contributed by atoms with Crippen molar-refractivity contribution in [2.75, 3.05) is 13.2 Å². The number of hydrogen-bond acceptors (Lipinski definition) is 11. The summed E-state index contributed by atoms with van der Waals surface area (Å²) in [7, 11) is 0. The van der Waals surface area contributed by atoms with Crippen LogP contribution in [0.5, 0.6) is 5.75 Å². The van der Waals surface area contributed by atoms with E-state index in [1.165, 1.54) is 0 Å². The number of amides is 1. The van der Waals surface area contributed by atoms with Crippen molar-refractivity contribution >= 4 is 45.7 Å². The zero-order chi connectivity index (χ0) is 36.5. The molecule has 8 N–H and O–H groups in total. The van der Waals surface area contributed by atoms with Gasteiger partial charge in [0.2, 0.25) is 12.0 Å². The number of hydrogen-bond donors (Lipinski definition) is 5. The molecule has 1 heterocycles. The van der Waals surface area contributed by atoms with E-state index < -0.39 is 96.0 Å². The van der Waals surface area contributed by atoms with Crippen LogP contribution < -0.4 is 27.3 Å². The number of carbonyl (C=O) groups excluding carboxylic acids is 4. The van der Waals surface area contributed by atoms with Crippen LogP contribution in [0.1, 0.15) is 53.6 Å². The van der Waals surface area contributed by atoms with Crippen LogP contribution in [0.15, 0.2) is 45.5 Å². The van der Waals surface area contributed by atoms with Crippen LogP contribution in [0, 0.1) is 17.0 Å². The first-order chi connectivity index (χ1) is 23.0. The molecule has 264 valence electrons. The number of nitrogens with zero attached hydrogens (tertiary/aromatic N) is 1. The van der Waals surface area contributed by atoms with Crippen LogP contribution >= 0.6 is 15.9 Å². The maximum absolute atomic E-state index is 15.0. The summed E-state index contributed by atoms with van der Waals surface area (Å²) in [6.45, 7) is -0.532. The first-order valence-electron chi connectivity index (χ1n) is 14.0. The van der Waals surface area contributed by atoms with E-state index in [2.05, 4.69) is 31.0 Å². The molecule has 20 heteroatoms. The Morgan fingerprint density at radius 3 is 2.29 bits per heavy atom. The average molecular weight is 763 g/mol. The quantitative estimate of drug-likeness (QED) is 0.0373. The molecule has 2 atom stereocenters. The molecule has 0 saturated carbocycles. The minimum Gasteiger partial charge on any atom is -0.474 e. The van der Waals surface area contributed by atoms with Gasteiger partial charge >= 0.3 is 24.1 Å². The van der Waals surface area contributed by atoms with Gasteiger partial charge in [0.1, 0.15) is 29.7 Å². The number of rotatable bonds is 15. The number of nitrogens with one attached hydrogen (secondary N) is 2. The normalized spacial score (nSPS) is 12.5. The first-order valence-corrected chi connectivity index (χ1v) is 14.8. The Labute approximate surface area is 282 Å². The molecule has 3 rings (SSSR count). The molecule has 0 aliphatic heterocycles. The number of ether oxygens (including phenoxy) is 3. The van der Waals surface area contributed by atoms with Crippen molar-refractivity contribution < 1.29 is 59.8 Å². The lowest BCUT2D eigenvalue weighted by Crippen LogP contribution is -2.36. The van der Waals surface area contributed by atoms with Crippen LogP contribution in [0.4, 0.5) is 22.0 Å². The summed E-state index contributed by atoms with van der Waals surface area (Å²) in [5.41, 5.74) is 13.9. The minimum absolute atomic E-state index is 0.0261. The molecule has 2 aromatic carbocycles. The zero-order valence-electron chi connectivity index (χ0n) is 25.1. The summed E-state index contributed by atoms with van der Waals surface area (Å²) in [4.78, 5) is 52.4. The van der Waals surface area contributed by atoms with Crippen LogP contribution in [-0.4, -0.2) is 54.0 Å². The standard InChI is InChI=1S/C29H28BrF5N6O8/c30-24-23(13-3-5-14(6-4-13)29(33,34)35)41-26(49-24)18(47-17-8-7-15(31)21(22(17)32)25(37)44)12-46-19(42)9-10-20(43)48-27(45)16(36)2-1-11-40-28(38)39/h3-8,16,18H,1-2,9-12,36H2,(H2,37,44)(H4,38,39,40)/t16-,18?/m0/s1. The highest BCUT2D eigenvalue weighted by Crippen LogP contribution is 2.36. The number of nitrogens with two attached hydrogens (primary N) is 3. The fourth-order valence-electron chi connectivity index (χ4n) is 3.96.